The van der Waals surface area contributed by atoms with Crippen LogP contribution in [0.5, 0.6) is 0 Å². The standard InChI is InChI=1S/C9H14N4S.ClH/c1-13(2)9-11-8(14-12-9)7-4-3-5-10-6-7;/h4,10H,3,5-6H2,1-2H3;1H. The number of rotatable bonds is 2. The molecule has 6 heteroatoms. The minimum absolute atomic E-state index is 0. The summed E-state index contributed by atoms with van der Waals surface area (Å²) >= 11 is 1.47. The van der Waals surface area contributed by atoms with Gasteiger partial charge in [0.05, 0.1) is 0 Å². The molecule has 0 atom stereocenters. The van der Waals surface area contributed by atoms with E-state index in [0.29, 0.717) is 0 Å². The largest absolute Gasteiger partial charge is 0.346 e. The third-order valence-corrected chi connectivity index (χ3v) is 2.90. The van der Waals surface area contributed by atoms with Crippen molar-refractivity contribution in [3.8, 4) is 0 Å². The van der Waals surface area contributed by atoms with Crippen molar-refractivity contribution >= 4 is 35.5 Å². The van der Waals surface area contributed by atoms with Crippen molar-refractivity contribution in [1.82, 2.24) is 14.7 Å². The second-order valence-electron chi connectivity index (χ2n) is 3.49. The fourth-order valence-corrected chi connectivity index (χ4v) is 2.10. The summed E-state index contributed by atoms with van der Waals surface area (Å²) in [6.07, 6.45) is 3.34. The quantitative estimate of drug-likeness (QED) is 0.857. The lowest BCUT2D eigenvalue weighted by molar-refractivity contribution is 0.738. The van der Waals surface area contributed by atoms with Crippen molar-refractivity contribution in [3.05, 3.63) is 11.1 Å². The Morgan fingerprint density at radius 3 is 2.80 bits per heavy atom. The number of halogens is 1. The van der Waals surface area contributed by atoms with Gasteiger partial charge in [0.2, 0.25) is 5.95 Å². The molecular formula is C9H15ClN4S. The number of hydrogen-bond donors (Lipinski definition) is 1. The molecular weight excluding hydrogens is 232 g/mol. The van der Waals surface area contributed by atoms with Gasteiger partial charge in [0.15, 0.2) is 0 Å². The topological polar surface area (TPSA) is 41.1 Å². The van der Waals surface area contributed by atoms with E-state index in [9.17, 15) is 0 Å². The van der Waals surface area contributed by atoms with Gasteiger partial charge in [0.25, 0.3) is 0 Å². The summed E-state index contributed by atoms with van der Waals surface area (Å²) in [4.78, 5) is 6.39. The molecule has 15 heavy (non-hydrogen) atoms. The zero-order chi connectivity index (χ0) is 9.97. The van der Waals surface area contributed by atoms with Crippen LogP contribution in [0.4, 0.5) is 5.95 Å². The summed E-state index contributed by atoms with van der Waals surface area (Å²) in [6, 6.07) is 0. The first-order chi connectivity index (χ1) is 6.77. The van der Waals surface area contributed by atoms with Gasteiger partial charge in [-0.1, -0.05) is 6.08 Å². The predicted molar refractivity (Wildman–Crippen MR) is 66.9 cm³/mol. The van der Waals surface area contributed by atoms with Gasteiger partial charge in [-0.05, 0) is 30.1 Å². The Morgan fingerprint density at radius 2 is 2.27 bits per heavy atom. The van der Waals surface area contributed by atoms with E-state index in [1.165, 1.54) is 17.1 Å². The van der Waals surface area contributed by atoms with E-state index < -0.39 is 0 Å². The van der Waals surface area contributed by atoms with Gasteiger partial charge in [-0.25, -0.2) is 0 Å². The van der Waals surface area contributed by atoms with E-state index in [-0.39, 0.29) is 12.4 Å². The van der Waals surface area contributed by atoms with Crippen LogP contribution < -0.4 is 10.2 Å². The molecule has 1 aliphatic rings. The van der Waals surface area contributed by atoms with Gasteiger partial charge in [-0.15, -0.1) is 12.4 Å². The van der Waals surface area contributed by atoms with Crippen molar-refractivity contribution in [2.75, 3.05) is 32.1 Å². The van der Waals surface area contributed by atoms with Crippen LogP contribution in [0.2, 0.25) is 0 Å². The first-order valence-corrected chi connectivity index (χ1v) is 5.46. The summed E-state index contributed by atoms with van der Waals surface area (Å²) in [6.45, 7) is 1.99. The van der Waals surface area contributed by atoms with Gasteiger partial charge in [0, 0.05) is 20.6 Å². The molecule has 84 valence electrons. The Morgan fingerprint density at radius 1 is 1.47 bits per heavy atom. The molecule has 2 rings (SSSR count). The van der Waals surface area contributed by atoms with Crippen molar-refractivity contribution in [1.29, 1.82) is 0 Å². The average molecular weight is 247 g/mol. The van der Waals surface area contributed by atoms with Crippen LogP contribution in [0.15, 0.2) is 6.08 Å². The highest BCUT2D eigenvalue weighted by atomic mass is 35.5. The summed E-state index contributed by atoms with van der Waals surface area (Å²) in [7, 11) is 3.92. The van der Waals surface area contributed by atoms with Gasteiger partial charge in [0.1, 0.15) is 5.01 Å². The molecule has 0 aliphatic carbocycles. The number of aromatic nitrogens is 2. The molecule has 0 aromatic carbocycles. The van der Waals surface area contributed by atoms with Crippen LogP contribution in [-0.4, -0.2) is 36.5 Å². The second-order valence-corrected chi connectivity index (χ2v) is 4.24. The summed E-state index contributed by atoms with van der Waals surface area (Å²) in [5.41, 5.74) is 1.28. The summed E-state index contributed by atoms with van der Waals surface area (Å²) in [5, 5.41) is 4.37. The van der Waals surface area contributed by atoms with Crippen molar-refractivity contribution < 1.29 is 0 Å². The highest BCUT2D eigenvalue weighted by molar-refractivity contribution is 7.06. The normalized spacial score (nSPS) is 15.5. The third kappa shape index (κ3) is 2.90. The highest BCUT2D eigenvalue weighted by Gasteiger charge is 2.11. The smallest absolute Gasteiger partial charge is 0.237 e. The third-order valence-electron chi connectivity index (χ3n) is 2.12. The van der Waals surface area contributed by atoms with Crippen molar-refractivity contribution in [2.24, 2.45) is 0 Å². The van der Waals surface area contributed by atoms with Crippen LogP contribution in [0.1, 0.15) is 11.4 Å². The van der Waals surface area contributed by atoms with Crippen LogP contribution in [0.25, 0.3) is 5.57 Å². The molecule has 0 amide bonds. The van der Waals surface area contributed by atoms with E-state index in [1.807, 2.05) is 19.0 Å². The van der Waals surface area contributed by atoms with Gasteiger partial charge >= 0.3 is 0 Å². The van der Waals surface area contributed by atoms with Crippen LogP contribution >= 0.6 is 23.9 Å². The van der Waals surface area contributed by atoms with E-state index in [4.69, 9.17) is 0 Å². The van der Waals surface area contributed by atoms with Gasteiger partial charge in [-0.3, -0.25) is 0 Å². The van der Waals surface area contributed by atoms with Crippen LogP contribution in [-0.2, 0) is 0 Å². The molecule has 1 N–H and O–H groups in total. The van der Waals surface area contributed by atoms with Crippen LogP contribution in [0.3, 0.4) is 0 Å². The molecule has 0 saturated carbocycles. The van der Waals surface area contributed by atoms with Crippen LogP contribution in [0, 0.1) is 0 Å². The molecule has 1 aromatic heterocycles. The molecule has 0 unspecified atom stereocenters. The molecule has 4 nitrogen and oxygen atoms in total. The maximum atomic E-state index is 4.46. The highest BCUT2D eigenvalue weighted by Crippen LogP contribution is 2.21. The first-order valence-electron chi connectivity index (χ1n) is 4.68. The molecule has 1 aliphatic heterocycles. The SMILES string of the molecule is CN(C)c1nsc(C2=CCCNC2)n1.Cl. The molecule has 0 fully saturated rings. The number of anilines is 1. The lowest BCUT2D eigenvalue weighted by Crippen LogP contribution is -2.21. The van der Waals surface area contributed by atoms with E-state index in [1.54, 1.807) is 0 Å². The summed E-state index contributed by atoms with van der Waals surface area (Å²) < 4.78 is 4.28. The predicted octanol–water partition coefficient (Wildman–Crippen LogP) is 1.40. The molecule has 0 saturated heterocycles. The number of nitrogens with one attached hydrogen (secondary N) is 1. The minimum Gasteiger partial charge on any atom is -0.346 e. The fourth-order valence-electron chi connectivity index (χ4n) is 1.33. The minimum atomic E-state index is 0. The van der Waals surface area contributed by atoms with Gasteiger partial charge < -0.3 is 10.2 Å². The van der Waals surface area contributed by atoms with E-state index >= 15 is 0 Å². The fraction of sp³-hybridized carbons (Fsp3) is 0.556. The average Bonchev–Trinajstić information content (AvgIpc) is 2.68. The lowest BCUT2D eigenvalue weighted by Gasteiger charge is -2.11. The monoisotopic (exact) mass is 246 g/mol. The maximum absolute atomic E-state index is 4.46. The number of nitrogens with zero attached hydrogens (tertiary/aromatic N) is 3. The Balaban J connectivity index is 0.00000112. The van der Waals surface area contributed by atoms with Crippen molar-refractivity contribution in [2.45, 2.75) is 6.42 Å². The molecule has 2 heterocycles. The molecule has 0 radical (unpaired) electrons. The van der Waals surface area contributed by atoms with E-state index in [0.717, 1.165) is 30.5 Å². The maximum Gasteiger partial charge on any atom is 0.237 e. The summed E-state index contributed by atoms with van der Waals surface area (Å²) in [5.74, 6) is 0.802. The first kappa shape index (κ1) is 12.4. The second kappa shape index (κ2) is 5.44. The number of hydrogen-bond acceptors (Lipinski definition) is 5. The lowest BCUT2D eigenvalue weighted by atomic mass is 10.2. The van der Waals surface area contributed by atoms with Crippen molar-refractivity contribution in [3.63, 3.8) is 0 Å². The zero-order valence-electron chi connectivity index (χ0n) is 8.86. The Kier molecular flexibility index (Phi) is 4.50. The Labute approximate surface area is 100.0 Å². The Bertz CT molecular complexity index is 348. The van der Waals surface area contributed by atoms with Gasteiger partial charge in [-0.2, -0.15) is 9.36 Å². The Hall–Kier alpha value is -0.650. The zero-order valence-corrected chi connectivity index (χ0v) is 10.5. The molecule has 1 aromatic rings. The van der Waals surface area contributed by atoms with E-state index in [2.05, 4.69) is 20.8 Å². The molecule has 0 bridgehead atoms. The molecule has 0 spiro atoms.